The number of hydrogen-bond acceptors (Lipinski definition) is 5. The molecule has 1 aliphatic heterocycles. The van der Waals surface area contributed by atoms with Crippen LogP contribution in [0.5, 0.6) is 0 Å². The van der Waals surface area contributed by atoms with Gasteiger partial charge in [-0.3, -0.25) is 14.7 Å². The summed E-state index contributed by atoms with van der Waals surface area (Å²) in [5, 5.41) is 11.7. The van der Waals surface area contributed by atoms with Gasteiger partial charge in [0.05, 0.1) is 13.2 Å². The smallest absolute Gasteiger partial charge is 0.334 e. The first-order valence-electron chi connectivity index (χ1n) is 8.07. The number of fused-ring (bicyclic) bond motifs is 1. The summed E-state index contributed by atoms with van der Waals surface area (Å²) in [6.45, 7) is 4.39. The molecule has 0 radical (unpaired) electrons. The van der Waals surface area contributed by atoms with E-state index in [1.54, 1.807) is 4.52 Å². The molecular formula is C16H20N4O5. The van der Waals surface area contributed by atoms with Gasteiger partial charge in [-0.15, -0.1) is 0 Å². The summed E-state index contributed by atoms with van der Waals surface area (Å²) in [5.74, 6) is -1.18. The highest BCUT2D eigenvalue weighted by Crippen LogP contribution is 2.16. The first-order chi connectivity index (χ1) is 11.9. The summed E-state index contributed by atoms with van der Waals surface area (Å²) in [7, 11) is 0. The van der Waals surface area contributed by atoms with Gasteiger partial charge in [-0.2, -0.15) is 0 Å². The highest BCUT2D eigenvalue weighted by molar-refractivity contribution is 5.79. The standard InChI is InChI=1S/C16H20N4O5/c1-9-11(10(2)20-13(17-9)7-14(21)18-20)3-4-15(22)19-5-6-25-12(8-19)16(23)24/h7,12H,3-6,8H2,1-2H3,(H,18,21)(H,23,24). The van der Waals surface area contributed by atoms with Crippen LogP contribution < -0.4 is 5.56 Å². The van der Waals surface area contributed by atoms with Gasteiger partial charge in [0.15, 0.2) is 11.8 Å². The molecule has 9 heteroatoms. The van der Waals surface area contributed by atoms with E-state index in [1.807, 2.05) is 13.8 Å². The normalized spacial score (nSPS) is 17.8. The SMILES string of the molecule is Cc1nc2cc(=O)[nH]n2c(C)c1CCC(=O)N1CCOC(C(=O)O)C1. The van der Waals surface area contributed by atoms with Crippen molar-refractivity contribution in [3.8, 4) is 0 Å². The Morgan fingerprint density at radius 3 is 2.92 bits per heavy atom. The maximum Gasteiger partial charge on any atom is 0.334 e. The van der Waals surface area contributed by atoms with Crippen LogP contribution in [0.2, 0.25) is 0 Å². The molecule has 1 atom stereocenters. The summed E-state index contributed by atoms with van der Waals surface area (Å²) in [4.78, 5) is 40.8. The average molecular weight is 348 g/mol. The molecule has 3 heterocycles. The molecule has 134 valence electrons. The molecule has 1 saturated heterocycles. The maximum atomic E-state index is 12.4. The summed E-state index contributed by atoms with van der Waals surface area (Å²) in [6, 6.07) is 1.43. The van der Waals surface area contributed by atoms with Crippen molar-refractivity contribution in [2.75, 3.05) is 19.7 Å². The predicted octanol–water partition coefficient (Wildman–Crippen LogP) is -0.116. The fraction of sp³-hybridized carbons (Fsp3) is 0.500. The first-order valence-corrected chi connectivity index (χ1v) is 8.07. The number of nitrogens with one attached hydrogen (secondary N) is 1. The average Bonchev–Trinajstić information content (AvgIpc) is 2.95. The van der Waals surface area contributed by atoms with Crippen LogP contribution in [0.15, 0.2) is 10.9 Å². The number of carboxylic acid groups (broad SMARTS) is 1. The van der Waals surface area contributed by atoms with Crippen molar-refractivity contribution in [1.82, 2.24) is 19.5 Å². The number of carbonyl (C=O) groups excluding carboxylic acids is 1. The summed E-state index contributed by atoms with van der Waals surface area (Å²) in [6.07, 6.45) is -0.259. The number of ether oxygens (including phenoxy) is 1. The molecule has 1 amide bonds. The van der Waals surface area contributed by atoms with Crippen LogP contribution in [0.1, 0.15) is 23.4 Å². The minimum absolute atomic E-state index is 0.0638. The quantitative estimate of drug-likeness (QED) is 0.796. The van der Waals surface area contributed by atoms with Gasteiger partial charge in [-0.25, -0.2) is 14.3 Å². The van der Waals surface area contributed by atoms with Gasteiger partial charge in [-0.05, 0) is 25.8 Å². The van der Waals surface area contributed by atoms with Gasteiger partial charge in [0.25, 0.3) is 5.56 Å². The van der Waals surface area contributed by atoms with Crippen LogP contribution in [-0.4, -0.2) is 62.3 Å². The number of carbonyl (C=O) groups is 2. The van der Waals surface area contributed by atoms with Gasteiger partial charge < -0.3 is 14.7 Å². The zero-order chi connectivity index (χ0) is 18.1. The summed E-state index contributed by atoms with van der Waals surface area (Å²) < 4.78 is 6.75. The maximum absolute atomic E-state index is 12.4. The van der Waals surface area contributed by atoms with Gasteiger partial charge in [-0.1, -0.05) is 0 Å². The van der Waals surface area contributed by atoms with Gasteiger partial charge in [0.1, 0.15) is 0 Å². The first kappa shape index (κ1) is 17.2. The lowest BCUT2D eigenvalue weighted by Gasteiger charge is -2.31. The third-order valence-corrected chi connectivity index (χ3v) is 4.49. The van der Waals surface area contributed by atoms with Crippen LogP contribution in [0.3, 0.4) is 0 Å². The number of aryl methyl sites for hydroxylation is 2. The number of hydrogen-bond donors (Lipinski definition) is 2. The third-order valence-electron chi connectivity index (χ3n) is 4.49. The molecule has 0 saturated carbocycles. The fourth-order valence-electron chi connectivity index (χ4n) is 3.13. The Labute approximate surface area is 143 Å². The monoisotopic (exact) mass is 348 g/mol. The van der Waals surface area contributed by atoms with Crippen molar-refractivity contribution in [3.05, 3.63) is 33.4 Å². The second-order valence-corrected chi connectivity index (χ2v) is 6.11. The molecule has 1 unspecified atom stereocenters. The molecule has 25 heavy (non-hydrogen) atoms. The Kier molecular flexibility index (Phi) is 4.58. The Balaban J connectivity index is 1.73. The predicted molar refractivity (Wildman–Crippen MR) is 87.6 cm³/mol. The number of rotatable bonds is 4. The van der Waals surface area contributed by atoms with Crippen molar-refractivity contribution in [2.45, 2.75) is 32.8 Å². The lowest BCUT2D eigenvalue weighted by atomic mass is 10.1. The van der Waals surface area contributed by atoms with Crippen LogP contribution in [0.25, 0.3) is 5.65 Å². The van der Waals surface area contributed by atoms with Gasteiger partial charge in [0.2, 0.25) is 5.91 Å². The van der Waals surface area contributed by atoms with E-state index in [0.717, 1.165) is 17.0 Å². The number of aliphatic carboxylic acids is 1. The zero-order valence-corrected chi connectivity index (χ0v) is 14.1. The zero-order valence-electron chi connectivity index (χ0n) is 14.1. The molecule has 0 spiro atoms. The molecule has 0 bridgehead atoms. The molecule has 0 aromatic carbocycles. The second kappa shape index (κ2) is 6.67. The fourth-order valence-corrected chi connectivity index (χ4v) is 3.13. The van der Waals surface area contributed by atoms with Crippen LogP contribution in [-0.2, 0) is 20.7 Å². The second-order valence-electron chi connectivity index (χ2n) is 6.11. The van der Waals surface area contributed by atoms with E-state index < -0.39 is 12.1 Å². The van der Waals surface area contributed by atoms with Crippen LogP contribution in [0.4, 0.5) is 0 Å². The number of morpholine rings is 1. The summed E-state index contributed by atoms with van der Waals surface area (Å²) >= 11 is 0. The van der Waals surface area contributed by atoms with Gasteiger partial charge in [0, 0.05) is 30.4 Å². The van der Waals surface area contributed by atoms with Gasteiger partial charge >= 0.3 is 5.97 Å². The molecular weight excluding hydrogens is 328 g/mol. The minimum atomic E-state index is -1.06. The highest BCUT2D eigenvalue weighted by Gasteiger charge is 2.28. The summed E-state index contributed by atoms with van der Waals surface area (Å²) in [5.41, 5.74) is 2.83. The molecule has 9 nitrogen and oxygen atoms in total. The van der Waals surface area contributed by atoms with E-state index in [1.165, 1.54) is 11.0 Å². The number of nitrogens with zero attached hydrogens (tertiary/aromatic N) is 3. The van der Waals surface area contributed by atoms with Crippen molar-refractivity contribution >= 4 is 17.5 Å². The molecule has 0 aliphatic carbocycles. The largest absolute Gasteiger partial charge is 0.479 e. The highest BCUT2D eigenvalue weighted by atomic mass is 16.5. The Morgan fingerprint density at radius 2 is 2.20 bits per heavy atom. The minimum Gasteiger partial charge on any atom is -0.479 e. The van der Waals surface area contributed by atoms with Crippen molar-refractivity contribution in [1.29, 1.82) is 0 Å². The third kappa shape index (κ3) is 3.41. The van der Waals surface area contributed by atoms with E-state index in [9.17, 15) is 14.4 Å². The number of aromatic amines is 1. The molecule has 2 N–H and O–H groups in total. The molecule has 3 rings (SSSR count). The molecule has 1 aliphatic rings. The van der Waals surface area contributed by atoms with E-state index >= 15 is 0 Å². The number of aromatic nitrogens is 3. The van der Waals surface area contributed by atoms with Crippen molar-refractivity contribution in [3.63, 3.8) is 0 Å². The molecule has 2 aromatic rings. The van der Waals surface area contributed by atoms with E-state index in [0.29, 0.717) is 18.6 Å². The molecule has 2 aromatic heterocycles. The number of amides is 1. The van der Waals surface area contributed by atoms with E-state index in [4.69, 9.17) is 9.84 Å². The Hall–Kier alpha value is -2.68. The Bertz CT molecular complexity index is 885. The topological polar surface area (TPSA) is 117 Å². The van der Waals surface area contributed by atoms with Crippen LogP contribution >= 0.6 is 0 Å². The van der Waals surface area contributed by atoms with E-state index in [-0.39, 0.29) is 31.0 Å². The number of carboxylic acids is 1. The lowest BCUT2D eigenvalue weighted by molar-refractivity contribution is -0.159. The van der Waals surface area contributed by atoms with Crippen molar-refractivity contribution < 1.29 is 19.4 Å². The van der Waals surface area contributed by atoms with E-state index in [2.05, 4.69) is 10.1 Å². The Morgan fingerprint density at radius 1 is 1.44 bits per heavy atom. The van der Waals surface area contributed by atoms with Crippen molar-refractivity contribution in [2.24, 2.45) is 0 Å². The lowest BCUT2D eigenvalue weighted by Crippen LogP contribution is -2.48. The molecule has 1 fully saturated rings. The number of H-pyrrole nitrogens is 1. The van der Waals surface area contributed by atoms with Crippen LogP contribution in [0, 0.1) is 13.8 Å².